The first-order valence-corrected chi connectivity index (χ1v) is 17.9. The van der Waals surface area contributed by atoms with E-state index in [1.54, 1.807) is 0 Å². The Bertz CT molecular complexity index is 2850. The van der Waals surface area contributed by atoms with E-state index >= 15 is 0 Å². The Morgan fingerprint density at radius 2 is 1.08 bits per heavy atom. The van der Waals surface area contributed by atoms with Gasteiger partial charge in [-0.05, 0) is 50.2 Å². The summed E-state index contributed by atoms with van der Waals surface area (Å²) in [5, 5.41) is 8.21. The molecule has 4 heteroatoms. The zero-order valence-corrected chi connectivity index (χ0v) is 28.8. The van der Waals surface area contributed by atoms with Crippen molar-refractivity contribution in [1.82, 2.24) is 5.32 Å². The number of benzene rings is 8. The predicted molar refractivity (Wildman–Crippen MR) is 219 cm³/mol. The number of aliphatic imine (C=N–C) groups is 2. The minimum atomic E-state index is -0.402. The van der Waals surface area contributed by atoms with Gasteiger partial charge >= 0.3 is 0 Å². The monoisotopic (exact) mass is 679 g/mol. The maximum absolute atomic E-state index is 6.45. The van der Waals surface area contributed by atoms with Crippen molar-refractivity contribution in [1.29, 1.82) is 0 Å². The topological polar surface area (TPSA) is 49.9 Å². The molecule has 4 nitrogen and oxygen atoms in total. The van der Waals surface area contributed by atoms with E-state index in [0.717, 1.165) is 50.0 Å². The first kappa shape index (κ1) is 30.8. The summed E-state index contributed by atoms with van der Waals surface area (Å²) >= 11 is 0. The molecule has 2 heterocycles. The van der Waals surface area contributed by atoms with Crippen molar-refractivity contribution in [3.8, 4) is 33.4 Å². The largest absolute Gasteiger partial charge is 0.456 e. The molecule has 1 aromatic heterocycles. The van der Waals surface area contributed by atoms with Gasteiger partial charge in [0.2, 0.25) is 0 Å². The average molecular weight is 680 g/mol. The van der Waals surface area contributed by atoms with Gasteiger partial charge in [0, 0.05) is 27.5 Å². The Labute approximate surface area is 307 Å². The molecule has 0 saturated carbocycles. The van der Waals surface area contributed by atoms with Crippen LogP contribution in [0.4, 0.5) is 0 Å². The summed E-state index contributed by atoms with van der Waals surface area (Å²) in [6.07, 6.45) is -0.402. The number of nitrogens with zero attached hydrogens (tertiary/aromatic N) is 2. The molecule has 0 bridgehead atoms. The lowest BCUT2D eigenvalue weighted by Gasteiger charge is -2.24. The highest BCUT2D eigenvalue weighted by molar-refractivity contribution is 6.14. The molecule has 0 spiro atoms. The van der Waals surface area contributed by atoms with Gasteiger partial charge in [0.1, 0.15) is 17.0 Å². The van der Waals surface area contributed by atoms with Crippen LogP contribution in [-0.4, -0.2) is 11.7 Å². The standard InChI is InChI=1S/C49H33N3O/c1-3-14-32(15-4-1)37-19-9-10-21-39(37)41-31-30-33-16-7-8-20-38(33)45(41)34-26-28-36(29-27-34)48-50-47(35-17-5-2-6-18-35)51-49(52-48)43-24-13-23-42-40-22-11-12-25-44(40)53-46(42)43/h1-31,49H,(H,50,51,52). The third-order valence-electron chi connectivity index (χ3n) is 10.2. The van der Waals surface area contributed by atoms with Gasteiger partial charge < -0.3 is 9.73 Å². The lowest BCUT2D eigenvalue weighted by atomic mass is 9.86. The number of hydrogen-bond acceptors (Lipinski definition) is 4. The van der Waals surface area contributed by atoms with Crippen LogP contribution in [0.2, 0.25) is 0 Å². The van der Waals surface area contributed by atoms with Gasteiger partial charge in [-0.15, -0.1) is 0 Å². The molecule has 1 aliphatic rings. The van der Waals surface area contributed by atoms with E-state index in [0.29, 0.717) is 5.84 Å². The van der Waals surface area contributed by atoms with E-state index in [2.05, 4.69) is 157 Å². The molecule has 10 rings (SSSR count). The fourth-order valence-electron chi connectivity index (χ4n) is 7.65. The summed E-state index contributed by atoms with van der Waals surface area (Å²) in [5.41, 5.74) is 11.7. The van der Waals surface area contributed by atoms with Gasteiger partial charge in [-0.3, -0.25) is 0 Å². The van der Waals surface area contributed by atoms with Crippen LogP contribution in [0, 0.1) is 0 Å². The molecule has 0 fully saturated rings. The smallest absolute Gasteiger partial charge is 0.159 e. The Hall–Kier alpha value is -7.04. The van der Waals surface area contributed by atoms with Crippen molar-refractivity contribution >= 4 is 44.4 Å². The van der Waals surface area contributed by atoms with Crippen LogP contribution in [0.25, 0.3) is 66.1 Å². The number of hydrogen-bond donors (Lipinski definition) is 1. The summed E-state index contributed by atoms with van der Waals surface area (Å²) in [7, 11) is 0. The third-order valence-corrected chi connectivity index (χ3v) is 10.2. The molecule has 1 N–H and O–H groups in total. The first-order chi connectivity index (χ1) is 26.3. The van der Waals surface area contributed by atoms with Crippen LogP contribution in [0.15, 0.2) is 202 Å². The van der Waals surface area contributed by atoms with Crippen molar-refractivity contribution in [2.45, 2.75) is 6.17 Å². The Kier molecular flexibility index (Phi) is 7.51. The van der Waals surface area contributed by atoms with Gasteiger partial charge in [-0.25, -0.2) is 9.98 Å². The number of nitrogens with one attached hydrogen (secondary N) is 1. The van der Waals surface area contributed by atoms with E-state index in [1.165, 1.54) is 38.6 Å². The number of rotatable bonds is 6. The van der Waals surface area contributed by atoms with Crippen molar-refractivity contribution in [2.75, 3.05) is 0 Å². The molecule has 1 atom stereocenters. The summed E-state index contributed by atoms with van der Waals surface area (Å²) in [6.45, 7) is 0. The van der Waals surface area contributed by atoms with Crippen molar-refractivity contribution in [3.05, 3.63) is 205 Å². The highest BCUT2D eigenvalue weighted by atomic mass is 16.3. The van der Waals surface area contributed by atoms with Crippen LogP contribution in [-0.2, 0) is 0 Å². The van der Waals surface area contributed by atoms with E-state index < -0.39 is 6.17 Å². The van der Waals surface area contributed by atoms with E-state index in [9.17, 15) is 0 Å². The first-order valence-electron chi connectivity index (χ1n) is 17.9. The fourth-order valence-corrected chi connectivity index (χ4v) is 7.65. The average Bonchev–Trinajstić information content (AvgIpc) is 3.63. The molecule has 1 unspecified atom stereocenters. The molecule has 9 aromatic rings. The van der Waals surface area contributed by atoms with Crippen LogP contribution < -0.4 is 5.32 Å². The molecule has 8 aromatic carbocycles. The molecule has 0 aliphatic carbocycles. The summed E-state index contributed by atoms with van der Waals surface area (Å²) in [5.74, 6) is 1.44. The zero-order chi connectivity index (χ0) is 35.1. The number of amidine groups is 2. The van der Waals surface area contributed by atoms with E-state index in [-0.39, 0.29) is 0 Å². The Morgan fingerprint density at radius 1 is 0.434 bits per heavy atom. The minimum Gasteiger partial charge on any atom is -0.456 e. The SMILES string of the molecule is c1ccc(C2=NC(c3ccc(-c4c(-c5ccccc5-c5ccccc5)ccc5ccccc45)cc3)=NC(c3cccc4c3oc3ccccc34)N2)cc1. The van der Waals surface area contributed by atoms with Gasteiger partial charge in [0.15, 0.2) is 12.0 Å². The summed E-state index contributed by atoms with van der Waals surface area (Å²) in [4.78, 5) is 10.3. The molecule has 0 radical (unpaired) electrons. The van der Waals surface area contributed by atoms with Gasteiger partial charge in [-0.1, -0.05) is 182 Å². The fraction of sp³-hybridized carbons (Fsp3) is 0.0204. The molecule has 0 saturated heterocycles. The van der Waals surface area contributed by atoms with Crippen LogP contribution in [0.5, 0.6) is 0 Å². The minimum absolute atomic E-state index is 0.402. The van der Waals surface area contributed by atoms with Crippen molar-refractivity contribution in [2.24, 2.45) is 9.98 Å². The second kappa shape index (κ2) is 12.9. The highest BCUT2D eigenvalue weighted by Crippen LogP contribution is 2.42. The lowest BCUT2D eigenvalue weighted by molar-refractivity contribution is 0.628. The summed E-state index contributed by atoms with van der Waals surface area (Å²) in [6, 6.07) is 65.9. The maximum Gasteiger partial charge on any atom is 0.159 e. The van der Waals surface area contributed by atoms with E-state index in [4.69, 9.17) is 14.4 Å². The Balaban J connectivity index is 1.11. The van der Waals surface area contributed by atoms with E-state index in [1.807, 2.05) is 36.4 Å². The zero-order valence-electron chi connectivity index (χ0n) is 28.8. The third kappa shape index (κ3) is 5.49. The number of fused-ring (bicyclic) bond motifs is 4. The predicted octanol–water partition coefficient (Wildman–Crippen LogP) is 12.2. The number of furan rings is 1. The molecule has 1 aliphatic heterocycles. The molecule has 53 heavy (non-hydrogen) atoms. The molecular formula is C49H33N3O. The lowest BCUT2D eigenvalue weighted by Crippen LogP contribution is -2.33. The number of para-hydroxylation sites is 2. The van der Waals surface area contributed by atoms with Gasteiger partial charge in [-0.2, -0.15) is 0 Å². The highest BCUT2D eigenvalue weighted by Gasteiger charge is 2.25. The second-order valence-corrected chi connectivity index (χ2v) is 13.3. The molecular weight excluding hydrogens is 647 g/mol. The van der Waals surface area contributed by atoms with Crippen molar-refractivity contribution in [3.63, 3.8) is 0 Å². The molecule has 250 valence electrons. The summed E-state index contributed by atoms with van der Waals surface area (Å²) < 4.78 is 6.45. The van der Waals surface area contributed by atoms with Crippen LogP contribution in [0.3, 0.4) is 0 Å². The quantitative estimate of drug-likeness (QED) is 0.190. The van der Waals surface area contributed by atoms with Gasteiger partial charge in [0.25, 0.3) is 0 Å². The molecule has 0 amide bonds. The van der Waals surface area contributed by atoms with Crippen LogP contribution in [0.1, 0.15) is 22.9 Å². The van der Waals surface area contributed by atoms with Crippen LogP contribution >= 0.6 is 0 Å². The second-order valence-electron chi connectivity index (χ2n) is 13.3. The van der Waals surface area contributed by atoms with Gasteiger partial charge in [0.05, 0.1) is 0 Å². The Morgan fingerprint density at radius 3 is 1.89 bits per heavy atom. The normalized spacial score (nSPS) is 14.2. The van der Waals surface area contributed by atoms with Crippen molar-refractivity contribution < 1.29 is 4.42 Å². The maximum atomic E-state index is 6.45.